The van der Waals surface area contributed by atoms with Crippen LogP contribution in [-0.4, -0.2) is 19.5 Å². The van der Waals surface area contributed by atoms with Crippen molar-refractivity contribution in [2.24, 2.45) is 0 Å². The lowest BCUT2D eigenvalue weighted by Crippen LogP contribution is -2.02. The molecule has 0 radical (unpaired) electrons. The number of benzene rings is 3. The molecule has 5 rings (SSSR count). The minimum Gasteiger partial charge on any atom is -0.308 e. The zero-order valence-corrected chi connectivity index (χ0v) is 17.9. The molecule has 0 amide bonds. The molecular weight excluding hydrogens is 382 g/mol. The summed E-state index contributed by atoms with van der Waals surface area (Å²) >= 11 is 0. The number of fused-ring (bicyclic) bond motifs is 3. The minimum absolute atomic E-state index is 0.605. The molecule has 0 N–H and O–H groups in total. The van der Waals surface area contributed by atoms with Gasteiger partial charge in [-0.1, -0.05) is 24.3 Å². The van der Waals surface area contributed by atoms with E-state index in [-0.39, 0.29) is 0 Å². The van der Waals surface area contributed by atoms with Crippen LogP contribution < -0.4 is 0 Å². The first-order valence-corrected chi connectivity index (χ1v) is 10.2. The average molecular weight is 403 g/mol. The van der Waals surface area contributed by atoms with E-state index in [4.69, 9.17) is 0 Å². The standard InChI is InChI=1S/C26H21N5/c1-15-5-9-21-22-10-6-16(2)12-25(22)31(24(21)11-15)23-13-19(7-8-20(23)14-27)26-29-17(3)28-18(4)30-26/h5-13H,1-4H3. The van der Waals surface area contributed by atoms with Gasteiger partial charge in [0.05, 0.1) is 22.3 Å². The molecule has 0 aliphatic carbocycles. The fourth-order valence-corrected chi connectivity index (χ4v) is 4.19. The third kappa shape index (κ3) is 3.13. The summed E-state index contributed by atoms with van der Waals surface area (Å²) in [7, 11) is 0. The Kier molecular flexibility index (Phi) is 4.30. The van der Waals surface area contributed by atoms with Crippen molar-refractivity contribution in [2.75, 3.05) is 0 Å². The number of rotatable bonds is 2. The first-order valence-electron chi connectivity index (χ1n) is 10.2. The fraction of sp³-hybridized carbons (Fsp3) is 0.154. The minimum atomic E-state index is 0.605. The van der Waals surface area contributed by atoms with E-state index in [9.17, 15) is 5.26 Å². The number of hydrogen-bond acceptors (Lipinski definition) is 4. The fourth-order valence-electron chi connectivity index (χ4n) is 4.19. The summed E-state index contributed by atoms with van der Waals surface area (Å²) in [6.45, 7) is 7.90. The summed E-state index contributed by atoms with van der Waals surface area (Å²) in [5.74, 6) is 1.97. The van der Waals surface area contributed by atoms with E-state index in [1.165, 1.54) is 21.9 Å². The summed E-state index contributed by atoms with van der Waals surface area (Å²) in [5, 5.41) is 12.3. The number of nitriles is 1. The molecule has 3 aromatic carbocycles. The maximum absolute atomic E-state index is 9.92. The smallest absolute Gasteiger partial charge is 0.163 e. The second-order valence-corrected chi connectivity index (χ2v) is 7.97. The van der Waals surface area contributed by atoms with Gasteiger partial charge in [0.2, 0.25) is 0 Å². The van der Waals surface area contributed by atoms with E-state index in [1.54, 1.807) is 0 Å². The Morgan fingerprint density at radius 2 is 1.29 bits per heavy atom. The highest BCUT2D eigenvalue weighted by Crippen LogP contribution is 2.35. The monoisotopic (exact) mass is 403 g/mol. The molecule has 2 heterocycles. The van der Waals surface area contributed by atoms with Crippen LogP contribution in [0.3, 0.4) is 0 Å². The Labute approximate surface area is 180 Å². The van der Waals surface area contributed by atoms with Gasteiger partial charge in [0.1, 0.15) is 17.7 Å². The molecule has 0 aliphatic heterocycles. The van der Waals surface area contributed by atoms with Crippen molar-refractivity contribution in [3.8, 4) is 23.1 Å². The molecule has 0 spiro atoms. The molecule has 5 heteroatoms. The Morgan fingerprint density at radius 1 is 0.710 bits per heavy atom. The van der Waals surface area contributed by atoms with Crippen LogP contribution in [0, 0.1) is 39.0 Å². The topological polar surface area (TPSA) is 67.4 Å². The molecule has 2 aromatic heterocycles. The van der Waals surface area contributed by atoms with E-state index >= 15 is 0 Å². The van der Waals surface area contributed by atoms with Gasteiger partial charge in [0, 0.05) is 16.3 Å². The molecule has 5 nitrogen and oxygen atoms in total. The van der Waals surface area contributed by atoms with E-state index < -0.39 is 0 Å². The van der Waals surface area contributed by atoms with Crippen molar-refractivity contribution in [2.45, 2.75) is 27.7 Å². The van der Waals surface area contributed by atoms with E-state index in [0.29, 0.717) is 23.0 Å². The summed E-state index contributed by atoms with van der Waals surface area (Å²) in [6, 6.07) is 21.1. The molecule has 31 heavy (non-hydrogen) atoms. The third-order valence-electron chi connectivity index (χ3n) is 5.55. The van der Waals surface area contributed by atoms with Crippen molar-refractivity contribution in [3.63, 3.8) is 0 Å². The van der Waals surface area contributed by atoms with Crippen molar-refractivity contribution in [1.29, 1.82) is 5.26 Å². The lowest BCUT2D eigenvalue weighted by atomic mass is 10.1. The molecule has 0 bridgehead atoms. The third-order valence-corrected chi connectivity index (χ3v) is 5.55. The van der Waals surface area contributed by atoms with Crippen LogP contribution in [0.25, 0.3) is 38.9 Å². The molecule has 150 valence electrons. The lowest BCUT2D eigenvalue weighted by molar-refractivity contribution is 0.928. The Morgan fingerprint density at radius 3 is 1.84 bits per heavy atom. The molecule has 0 saturated heterocycles. The molecular formula is C26H21N5. The van der Waals surface area contributed by atoms with Gasteiger partial charge in [0.15, 0.2) is 5.82 Å². The highest BCUT2D eigenvalue weighted by molar-refractivity contribution is 6.09. The van der Waals surface area contributed by atoms with Gasteiger partial charge in [-0.05, 0) is 69.2 Å². The number of nitrogens with zero attached hydrogens (tertiary/aromatic N) is 5. The zero-order valence-electron chi connectivity index (χ0n) is 17.9. The van der Waals surface area contributed by atoms with Gasteiger partial charge in [-0.15, -0.1) is 0 Å². The number of aryl methyl sites for hydroxylation is 4. The zero-order chi connectivity index (χ0) is 21.7. The van der Waals surface area contributed by atoms with Crippen LogP contribution in [0.15, 0.2) is 54.6 Å². The second kappa shape index (κ2) is 7.03. The molecule has 5 aromatic rings. The number of aromatic nitrogens is 4. The van der Waals surface area contributed by atoms with Crippen LogP contribution in [0.2, 0.25) is 0 Å². The van der Waals surface area contributed by atoms with Crippen LogP contribution in [0.4, 0.5) is 0 Å². The van der Waals surface area contributed by atoms with E-state index in [2.05, 4.69) is 75.8 Å². The van der Waals surface area contributed by atoms with Crippen LogP contribution >= 0.6 is 0 Å². The summed E-state index contributed by atoms with van der Waals surface area (Å²) in [5.41, 5.74) is 6.80. The number of hydrogen-bond donors (Lipinski definition) is 0. The van der Waals surface area contributed by atoms with Crippen molar-refractivity contribution in [1.82, 2.24) is 19.5 Å². The highest BCUT2D eigenvalue weighted by atomic mass is 15.0. The molecule has 0 unspecified atom stereocenters. The Bertz CT molecular complexity index is 1460. The molecule has 0 atom stereocenters. The predicted molar refractivity (Wildman–Crippen MR) is 123 cm³/mol. The summed E-state index contributed by atoms with van der Waals surface area (Å²) in [6.07, 6.45) is 0. The van der Waals surface area contributed by atoms with Crippen LogP contribution in [0.5, 0.6) is 0 Å². The SMILES string of the molecule is Cc1ccc2c3ccc(C)cc3n(-c3cc(-c4nc(C)nc(C)n4)ccc3C#N)c2c1. The van der Waals surface area contributed by atoms with Crippen LogP contribution in [-0.2, 0) is 0 Å². The van der Waals surface area contributed by atoms with E-state index in [1.807, 2.05) is 32.0 Å². The summed E-state index contributed by atoms with van der Waals surface area (Å²) < 4.78 is 2.19. The largest absolute Gasteiger partial charge is 0.308 e. The normalized spacial score (nSPS) is 11.2. The van der Waals surface area contributed by atoms with Crippen LogP contribution in [0.1, 0.15) is 28.3 Å². The second-order valence-electron chi connectivity index (χ2n) is 7.97. The quantitative estimate of drug-likeness (QED) is 0.377. The van der Waals surface area contributed by atoms with Crippen molar-refractivity contribution >= 4 is 21.8 Å². The molecule has 0 saturated carbocycles. The maximum Gasteiger partial charge on any atom is 0.163 e. The molecule has 0 aliphatic rings. The van der Waals surface area contributed by atoms with Crippen molar-refractivity contribution in [3.05, 3.63) is 82.9 Å². The van der Waals surface area contributed by atoms with Gasteiger partial charge in [-0.25, -0.2) is 15.0 Å². The Hall–Kier alpha value is -4.04. The average Bonchev–Trinajstić information content (AvgIpc) is 3.04. The lowest BCUT2D eigenvalue weighted by Gasteiger charge is -2.12. The van der Waals surface area contributed by atoms with E-state index in [0.717, 1.165) is 22.3 Å². The van der Waals surface area contributed by atoms with Gasteiger partial charge in [0.25, 0.3) is 0 Å². The van der Waals surface area contributed by atoms with Crippen molar-refractivity contribution < 1.29 is 0 Å². The summed E-state index contributed by atoms with van der Waals surface area (Å²) in [4.78, 5) is 13.3. The Balaban J connectivity index is 1.88. The predicted octanol–water partition coefficient (Wildman–Crippen LogP) is 5.74. The van der Waals surface area contributed by atoms with Gasteiger partial charge in [-0.3, -0.25) is 0 Å². The first-order chi connectivity index (χ1) is 14.9. The first kappa shape index (κ1) is 19.0. The van der Waals surface area contributed by atoms with Gasteiger partial charge < -0.3 is 4.57 Å². The van der Waals surface area contributed by atoms with Gasteiger partial charge >= 0.3 is 0 Å². The van der Waals surface area contributed by atoms with Gasteiger partial charge in [-0.2, -0.15) is 5.26 Å². The maximum atomic E-state index is 9.92. The molecule has 0 fully saturated rings. The highest BCUT2D eigenvalue weighted by Gasteiger charge is 2.17.